The molecule has 0 fully saturated rings. The topological polar surface area (TPSA) is 151 Å². The number of esters is 1. The van der Waals surface area contributed by atoms with E-state index in [1.165, 1.54) is 48.5 Å². The van der Waals surface area contributed by atoms with Gasteiger partial charge < -0.3 is 14.8 Å². The van der Waals surface area contributed by atoms with E-state index in [1.807, 2.05) is 0 Å². The Hall–Kier alpha value is -4.02. The van der Waals surface area contributed by atoms with Crippen LogP contribution in [0.1, 0.15) is 17.5 Å². The largest absolute Gasteiger partial charge is 0.459 e. The van der Waals surface area contributed by atoms with Crippen LogP contribution in [0.3, 0.4) is 0 Å². The third-order valence-corrected chi connectivity index (χ3v) is 3.91. The number of rotatable bonds is 9. The summed E-state index contributed by atoms with van der Waals surface area (Å²) in [7, 11) is 0. The highest BCUT2D eigenvalue weighted by Gasteiger charge is 2.21. The normalized spacial score (nSPS) is 11.2. The number of nitrogens with one attached hydrogen (secondary N) is 1. The predicted molar refractivity (Wildman–Crippen MR) is 103 cm³/mol. The van der Waals surface area contributed by atoms with Crippen LogP contribution >= 0.6 is 0 Å². The van der Waals surface area contributed by atoms with E-state index in [4.69, 9.17) is 9.47 Å². The molecule has 1 unspecified atom stereocenters. The van der Waals surface area contributed by atoms with Gasteiger partial charge in [-0.05, 0) is 41.8 Å². The van der Waals surface area contributed by atoms with Crippen LogP contribution in [0.15, 0.2) is 48.5 Å². The van der Waals surface area contributed by atoms with Gasteiger partial charge in [-0.2, -0.15) is 0 Å². The first kappa shape index (κ1) is 22.3. The van der Waals surface area contributed by atoms with Gasteiger partial charge in [0.05, 0.1) is 9.85 Å². The molecular formula is C19H18N3O8. The van der Waals surface area contributed by atoms with Gasteiger partial charge >= 0.3 is 12.1 Å². The molecule has 0 spiro atoms. The highest BCUT2D eigenvalue weighted by atomic mass is 16.6. The number of carbonyl (C=O) groups is 2. The number of hydrogen-bond donors (Lipinski definition) is 1. The Bertz CT molecular complexity index is 912. The van der Waals surface area contributed by atoms with Gasteiger partial charge in [0.15, 0.2) is 0 Å². The zero-order chi connectivity index (χ0) is 22.1. The Morgan fingerprint density at radius 3 is 1.70 bits per heavy atom. The number of nitrogens with zero attached hydrogens (tertiary/aromatic N) is 2. The predicted octanol–water partition coefficient (Wildman–Crippen LogP) is 3.07. The fourth-order valence-corrected chi connectivity index (χ4v) is 2.26. The van der Waals surface area contributed by atoms with E-state index >= 15 is 0 Å². The van der Waals surface area contributed by atoms with Crippen LogP contribution in [0.25, 0.3) is 0 Å². The second-order valence-electron chi connectivity index (χ2n) is 6.02. The molecule has 11 nitrogen and oxygen atoms in total. The lowest BCUT2D eigenvalue weighted by Crippen LogP contribution is -2.41. The molecular weight excluding hydrogens is 398 g/mol. The summed E-state index contributed by atoms with van der Waals surface area (Å²) in [4.78, 5) is 44.2. The van der Waals surface area contributed by atoms with Crippen LogP contribution in [0, 0.1) is 27.2 Å². The summed E-state index contributed by atoms with van der Waals surface area (Å²) >= 11 is 0. The Kier molecular flexibility index (Phi) is 7.80. The van der Waals surface area contributed by atoms with Gasteiger partial charge in [-0.1, -0.05) is 6.92 Å². The summed E-state index contributed by atoms with van der Waals surface area (Å²) in [5.74, 6) is -0.740. The van der Waals surface area contributed by atoms with Gasteiger partial charge in [0, 0.05) is 24.3 Å². The van der Waals surface area contributed by atoms with E-state index in [1.54, 1.807) is 0 Å². The Balaban J connectivity index is 1.81. The minimum Gasteiger partial charge on any atom is -0.459 e. The molecule has 0 aliphatic heterocycles. The van der Waals surface area contributed by atoms with Gasteiger partial charge in [0.2, 0.25) is 0 Å². The molecule has 0 bridgehead atoms. The van der Waals surface area contributed by atoms with Crippen molar-refractivity contribution in [1.29, 1.82) is 0 Å². The molecule has 0 aromatic heterocycles. The second-order valence-corrected chi connectivity index (χ2v) is 6.02. The molecule has 1 amide bonds. The van der Waals surface area contributed by atoms with Gasteiger partial charge in [-0.3, -0.25) is 20.2 Å². The molecule has 30 heavy (non-hydrogen) atoms. The quantitative estimate of drug-likeness (QED) is 0.372. The molecule has 2 aromatic carbocycles. The van der Waals surface area contributed by atoms with Gasteiger partial charge in [0.25, 0.3) is 11.4 Å². The highest BCUT2D eigenvalue weighted by molar-refractivity contribution is 5.81. The van der Waals surface area contributed by atoms with E-state index in [0.29, 0.717) is 11.1 Å². The number of benzene rings is 2. The Morgan fingerprint density at radius 1 is 0.867 bits per heavy atom. The van der Waals surface area contributed by atoms with Crippen LogP contribution < -0.4 is 5.32 Å². The number of nitro benzene ring substituents is 2. The van der Waals surface area contributed by atoms with Crippen molar-refractivity contribution in [2.45, 2.75) is 25.7 Å². The zero-order valence-electron chi connectivity index (χ0n) is 15.7. The maximum absolute atomic E-state index is 12.1. The summed E-state index contributed by atoms with van der Waals surface area (Å²) in [6.07, 6.45) is -0.875. The average Bonchev–Trinajstić information content (AvgIpc) is 2.74. The first-order valence-corrected chi connectivity index (χ1v) is 8.66. The highest BCUT2D eigenvalue weighted by Crippen LogP contribution is 2.14. The van der Waals surface area contributed by atoms with E-state index in [0.717, 1.165) is 0 Å². The minimum atomic E-state index is -1.05. The molecule has 0 saturated carbocycles. The van der Waals surface area contributed by atoms with Crippen LogP contribution in [0.5, 0.6) is 0 Å². The van der Waals surface area contributed by atoms with Crippen molar-refractivity contribution in [3.8, 4) is 0 Å². The number of non-ortho nitro benzene ring substituents is 2. The van der Waals surface area contributed by atoms with E-state index in [-0.39, 0.29) is 31.0 Å². The van der Waals surface area contributed by atoms with Crippen molar-refractivity contribution in [2.24, 2.45) is 0 Å². The molecule has 2 rings (SSSR count). The summed E-state index contributed by atoms with van der Waals surface area (Å²) < 4.78 is 10.1. The zero-order valence-corrected chi connectivity index (χ0v) is 15.7. The summed E-state index contributed by atoms with van der Waals surface area (Å²) in [6, 6.07) is 9.90. The number of alkyl carbamates (subject to hydrolysis) is 1. The Labute approximate surface area is 170 Å². The molecule has 1 N–H and O–H groups in total. The average molecular weight is 416 g/mol. The lowest BCUT2D eigenvalue weighted by molar-refractivity contribution is -0.385. The van der Waals surface area contributed by atoms with Crippen LogP contribution in [0.4, 0.5) is 16.2 Å². The molecule has 0 aliphatic carbocycles. The number of nitro groups is 2. The third-order valence-electron chi connectivity index (χ3n) is 3.91. The van der Waals surface area contributed by atoms with Crippen LogP contribution in [0.2, 0.25) is 0 Å². The van der Waals surface area contributed by atoms with E-state index < -0.39 is 28.0 Å². The number of ether oxygens (including phenoxy) is 2. The number of hydrogen-bond acceptors (Lipinski definition) is 8. The fourth-order valence-electron chi connectivity index (χ4n) is 2.26. The number of carbonyl (C=O) groups excluding carboxylic acids is 2. The molecule has 0 saturated heterocycles. The smallest absolute Gasteiger partial charge is 0.408 e. The van der Waals surface area contributed by atoms with E-state index in [2.05, 4.69) is 12.2 Å². The van der Waals surface area contributed by atoms with Crippen molar-refractivity contribution < 1.29 is 28.9 Å². The van der Waals surface area contributed by atoms with E-state index in [9.17, 15) is 29.8 Å². The SMILES string of the molecule is [CH2]CC(NC(=O)OCc1ccc([N+](=O)[O-])cc1)C(=O)OCc1ccc([N+](=O)[O-])cc1. The molecule has 1 radical (unpaired) electrons. The fraction of sp³-hybridized carbons (Fsp3) is 0.211. The van der Waals surface area contributed by atoms with Crippen molar-refractivity contribution in [2.75, 3.05) is 0 Å². The van der Waals surface area contributed by atoms with Crippen LogP contribution in [-0.2, 0) is 27.5 Å². The van der Waals surface area contributed by atoms with Gasteiger partial charge in [-0.25, -0.2) is 9.59 Å². The number of amides is 1. The molecule has 0 heterocycles. The minimum absolute atomic E-state index is 0.00568. The van der Waals surface area contributed by atoms with Crippen LogP contribution in [-0.4, -0.2) is 28.0 Å². The lowest BCUT2D eigenvalue weighted by atomic mass is 10.2. The lowest BCUT2D eigenvalue weighted by Gasteiger charge is -2.16. The monoisotopic (exact) mass is 416 g/mol. The Morgan fingerprint density at radius 2 is 1.30 bits per heavy atom. The summed E-state index contributed by atoms with van der Waals surface area (Å²) in [5, 5.41) is 23.6. The standard InChI is InChI=1S/C19H18N3O8/c1-2-17(18(23)29-11-13-3-7-15(8-4-13)21(25)26)20-19(24)30-12-14-5-9-16(10-6-14)22(27)28/h3-10,17H,1-2,11-12H2,(H,20,24). The second kappa shape index (κ2) is 10.5. The summed E-state index contributed by atoms with van der Waals surface area (Å²) in [5.41, 5.74) is 0.898. The van der Waals surface area contributed by atoms with Crippen molar-refractivity contribution in [1.82, 2.24) is 5.32 Å². The molecule has 2 aromatic rings. The van der Waals surface area contributed by atoms with Gasteiger partial charge in [-0.15, -0.1) is 0 Å². The molecule has 157 valence electrons. The van der Waals surface area contributed by atoms with Crippen molar-refractivity contribution >= 4 is 23.4 Å². The third kappa shape index (κ3) is 6.55. The summed E-state index contributed by atoms with van der Waals surface area (Å²) in [6.45, 7) is 3.30. The van der Waals surface area contributed by atoms with Gasteiger partial charge in [0.1, 0.15) is 19.3 Å². The molecule has 1 atom stereocenters. The first-order chi connectivity index (χ1) is 14.3. The maximum Gasteiger partial charge on any atom is 0.408 e. The first-order valence-electron chi connectivity index (χ1n) is 8.66. The molecule has 11 heteroatoms. The maximum atomic E-state index is 12.1. The van der Waals surface area contributed by atoms with Crippen molar-refractivity contribution in [3.63, 3.8) is 0 Å². The van der Waals surface area contributed by atoms with Crippen molar-refractivity contribution in [3.05, 3.63) is 86.8 Å². The molecule has 0 aliphatic rings.